The molecule has 0 atom stereocenters. The molecule has 3 heterocycles. The second kappa shape index (κ2) is 5.31. The van der Waals surface area contributed by atoms with Crippen molar-refractivity contribution in [2.24, 2.45) is 4.99 Å². The van der Waals surface area contributed by atoms with E-state index in [4.69, 9.17) is 4.74 Å². The molecule has 23 heavy (non-hydrogen) atoms. The number of carbonyl (C=O) groups is 1. The highest BCUT2D eigenvalue weighted by molar-refractivity contribution is 6.07. The van der Waals surface area contributed by atoms with Crippen LogP contribution in [0.3, 0.4) is 0 Å². The second-order valence-corrected chi connectivity index (χ2v) is 5.26. The summed E-state index contributed by atoms with van der Waals surface area (Å²) in [6.07, 6.45) is 7.01. The zero-order valence-electron chi connectivity index (χ0n) is 12.1. The molecule has 4 rings (SSSR count). The fraction of sp³-hybridized carbons (Fsp3) is 0.118. The largest absolute Gasteiger partial charge is 0.480 e. The van der Waals surface area contributed by atoms with Crippen molar-refractivity contribution in [3.05, 3.63) is 66.0 Å². The van der Waals surface area contributed by atoms with Crippen LogP contribution in [0.4, 0.5) is 4.39 Å². The van der Waals surface area contributed by atoms with Crippen LogP contribution in [-0.4, -0.2) is 28.2 Å². The number of halogens is 1. The van der Waals surface area contributed by atoms with E-state index in [1.165, 1.54) is 12.1 Å². The number of fused-ring (bicyclic) bond motifs is 2. The first kappa shape index (κ1) is 13.6. The zero-order chi connectivity index (χ0) is 15.8. The maximum absolute atomic E-state index is 13.9. The summed E-state index contributed by atoms with van der Waals surface area (Å²) in [6.45, 7) is 0.288. The Morgan fingerprint density at radius 3 is 3.17 bits per heavy atom. The van der Waals surface area contributed by atoms with Crippen LogP contribution in [0.2, 0.25) is 0 Å². The van der Waals surface area contributed by atoms with Crippen molar-refractivity contribution in [1.29, 1.82) is 0 Å². The van der Waals surface area contributed by atoms with E-state index in [0.29, 0.717) is 23.7 Å². The molecule has 6 heteroatoms. The molecule has 0 aliphatic carbocycles. The lowest BCUT2D eigenvalue weighted by atomic mass is 10.1. The van der Waals surface area contributed by atoms with Gasteiger partial charge in [0.25, 0.3) is 5.91 Å². The van der Waals surface area contributed by atoms with Gasteiger partial charge < -0.3 is 9.64 Å². The number of rotatable bonds is 2. The van der Waals surface area contributed by atoms with Crippen molar-refractivity contribution < 1.29 is 13.9 Å². The average molecular weight is 309 g/mol. The molecule has 0 saturated carbocycles. The Balaban J connectivity index is 1.75. The van der Waals surface area contributed by atoms with E-state index in [-0.39, 0.29) is 18.3 Å². The summed E-state index contributed by atoms with van der Waals surface area (Å²) < 4.78 is 19.2. The van der Waals surface area contributed by atoms with Gasteiger partial charge in [-0.3, -0.25) is 9.78 Å². The van der Waals surface area contributed by atoms with Crippen LogP contribution in [0.5, 0.6) is 0 Å². The number of amides is 1. The Kier molecular flexibility index (Phi) is 3.15. The minimum absolute atomic E-state index is 0.0541. The van der Waals surface area contributed by atoms with E-state index in [0.717, 1.165) is 10.9 Å². The second-order valence-electron chi connectivity index (χ2n) is 5.26. The van der Waals surface area contributed by atoms with Crippen LogP contribution in [0.25, 0.3) is 10.9 Å². The maximum atomic E-state index is 13.9. The van der Waals surface area contributed by atoms with Crippen molar-refractivity contribution in [3.63, 3.8) is 0 Å². The van der Waals surface area contributed by atoms with Gasteiger partial charge in [-0.2, -0.15) is 4.99 Å². The summed E-state index contributed by atoms with van der Waals surface area (Å²) in [6, 6.07) is 6.49. The van der Waals surface area contributed by atoms with Crippen molar-refractivity contribution in [1.82, 2.24) is 9.88 Å². The fourth-order valence-corrected chi connectivity index (χ4v) is 2.70. The summed E-state index contributed by atoms with van der Waals surface area (Å²) in [7, 11) is 0. The van der Waals surface area contributed by atoms with Crippen molar-refractivity contribution >= 4 is 22.6 Å². The molecule has 1 aromatic carbocycles. The van der Waals surface area contributed by atoms with Crippen molar-refractivity contribution in [2.75, 3.05) is 6.61 Å². The van der Waals surface area contributed by atoms with E-state index < -0.39 is 0 Å². The first-order valence-corrected chi connectivity index (χ1v) is 7.14. The minimum Gasteiger partial charge on any atom is -0.480 e. The first-order valence-electron chi connectivity index (χ1n) is 7.14. The summed E-state index contributed by atoms with van der Waals surface area (Å²) in [4.78, 5) is 21.6. The number of amidine groups is 1. The lowest BCUT2D eigenvalue weighted by Crippen LogP contribution is -2.34. The molecule has 0 radical (unpaired) electrons. The van der Waals surface area contributed by atoms with Gasteiger partial charge in [0.05, 0.1) is 12.1 Å². The molecule has 2 aliphatic rings. The number of hydrogen-bond donors (Lipinski definition) is 0. The summed E-state index contributed by atoms with van der Waals surface area (Å²) >= 11 is 0. The monoisotopic (exact) mass is 309 g/mol. The molecule has 0 fully saturated rings. The van der Waals surface area contributed by atoms with E-state index >= 15 is 0 Å². The molecular weight excluding hydrogens is 297 g/mol. The molecule has 0 N–H and O–H groups in total. The van der Waals surface area contributed by atoms with Gasteiger partial charge in [0.1, 0.15) is 5.82 Å². The van der Waals surface area contributed by atoms with Gasteiger partial charge in [-0.05, 0) is 30.4 Å². The Bertz CT molecular complexity index is 902. The van der Waals surface area contributed by atoms with Gasteiger partial charge in [-0.1, -0.05) is 6.07 Å². The van der Waals surface area contributed by atoms with E-state index in [9.17, 15) is 9.18 Å². The van der Waals surface area contributed by atoms with Crippen LogP contribution >= 0.6 is 0 Å². The van der Waals surface area contributed by atoms with Crippen LogP contribution in [0.1, 0.15) is 5.56 Å². The first-order chi connectivity index (χ1) is 11.2. The fourth-order valence-electron chi connectivity index (χ4n) is 2.70. The average Bonchev–Trinajstić information content (AvgIpc) is 2.55. The minimum atomic E-state index is -0.334. The number of allylic oxidation sites excluding steroid dienone is 2. The predicted molar refractivity (Wildman–Crippen MR) is 82.9 cm³/mol. The van der Waals surface area contributed by atoms with Crippen LogP contribution in [0, 0.1) is 5.82 Å². The van der Waals surface area contributed by atoms with Gasteiger partial charge in [0.2, 0.25) is 0 Å². The van der Waals surface area contributed by atoms with Crippen molar-refractivity contribution in [3.8, 4) is 0 Å². The van der Waals surface area contributed by atoms with Gasteiger partial charge in [-0.25, -0.2) is 4.39 Å². The molecular formula is C17H12FN3O2. The van der Waals surface area contributed by atoms with Crippen LogP contribution in [-0.2, 0) is 16.1 Å². The third-order valence-corrected chi connectivity index (χ3v) is 3.68. The number of pyridine rings is 1. The number of nitrogens with zero attached hydrogens (tertiary/aromatic N) is 3. The predicted octanol–water partition coefficient (Wildman–Crippen LogP) is 2.54. The van der Waals surface area contributed by atoms with E-state index in [2.05, 4.69) is 9.98 Å². The molecule has 0 unspecified atom stereocenters. The standard InChI is InChI=1S/C17H12FN3O2/c18-13-7-11-3-1-5-19-16(11)12(8-13)9-21-6-2-4-14-17(21)20-15(22)10-23-14/h1-8H,9-10H2. The van der Waals surface area contributed by atoms with Crippen LogP contribution < -0.4 is 0 Å². The van der Waals surface area contributed by atoms with Gasteiger partial charge in [-0.15, -0.1) is 0 Å². The topological polar surface area (TPSA) is 54.8 Å². The Hall–Kier alpha value is -3.02. The normalized spacial score (nSPS) is 16.7. The molecule has 114 valence electrons. The molecule has 1 aromatic heterocycles. The molecule has 0 bridgehead atoms. The molecule has 5 nitrogen and oxygen atoms in total. The third kappa shape index (κ3) is 2.48. The molecule has 0 spiro atoms. The molecule has 2 aromatic rings. The number of hydrogen-bond acceptors (Lipinski definition) is 4. The van der Waals surface area contributed by atoms with Gasteiger partial charge in [0, 0.05) is 23.3 Å². The Labute approximate surface area is 131 Å². The summed E-state index contributed by atoms with van der Waals surface area (Å²) in [5.74, 6) is 0.327. The molecule has 1 amide bonds. The highest BCUT2D eigenvalue weighted by atomic mass is 19.1. The zero-order valence-corrected chi connectivity index (χ0v) is 12.1. The lowest BCUT2D eigenvalue weighted by Gasteiger charge is -2.28. The summed E-state index contributed by atoms with van der Waals surface area (Å²) in [5.41, 5.74) is 1.44. The highest BCUT2D eigenvalue weighted by Crippen LogP contribution is 2.23. The van der Waals surface area contributed by atoms with Gasteiger partial charge >= 0.3 is 0 Å². The molecule has 2 aliphatic heterocycles. The van der Waals surface area contributed by atoms with Crippen molar-refractivity contribution in [2.45, 2.75) is 6.54 Å². The number of ether oxygens (including phenoxy) is 1. The number of aliphatic imine (C=N–C) groups is 1. The number of aromatic nitrogens is 1. The summed E-state index contributed by atoms with van der Waals surface area (Å²) in [5, 5.41) is 0.733. The maximum Gasteiger partial charge on any atom is 0.285 e. The van der Waals surface area contributed by atoms with E-state index in [1.54, 1.807) is 35.5 Å². The smallest absolute Gasteiger partial charge is 0.285 e. The van der Waals surface area contributed by atoms with E-state index in [1.807, 2.05) is 6.07 Å². The Morgan fingerprint density at radius 1 is 1.35 bits per heavy atom. The van der Waals surface area contributed by atoms with Crippen LogP contribution in [0.15, 0.2) is 59.6 Å². The number of benzene rings is 1. The quantitative estimate of drug-likeness (QED) is 0.855. The van der Waals surface area contributed by atoms with Gasteiger partial charge in [0.15, 0.2) is 18.2 Å². The number of carbonyl (C=O) groups excluding carboxylic acids is 1. The third-order valence-electron chi connectivity index (χ3n) is 3.68. The Morgan fingerprint density at radius 2 is 2.26 bits per heavy atom. The highest BCUT2D eigenvalue weighted by Gasteiger charge is 2.25. The molecule has 0 saturated heterocycles. The lowest BCUT2D eigenvalue weighted by molar-refractivity contribution is -0.121. The SMILES string of the molecule is O=C1COC2=CC=CN(Cc3cc(F)cc4cccnc34)C2=N1.